The van der Waals surface area contributed by atoms with Crippen LogP contribution in [0, 0.1) is 23.7 Å². The van der Waals surface area contributed by atoms with Gasteiger partial charge in [-0.05, 0) is 175 Å². The van der Waals surface area contributed by atoms with Crippen LogP contribution in [0.15, 0.2) is 212 Å². The summed E-state index contributed by atoms with van der Waals surface area (Å²) >= 11 is 0. The predicted octanol–water partition coefficient (Wildman–Crippen LogP) is 16.8. The maximum atomic E-state index is 2.66. The van der Waals surface area contributed by atoms with Gasteiger partial charge in [-0.25, -0.2) is 0 Å². The summed E-state index contributed by atoms with van der Waals surface area (Å²) in [4.78, 5) is 2.59. The first-order chi connectivity index (χ1) is 33.5. The Hall–Kier alpha value is -7.22. The molecule has 0 N–H and O–H groups in total. The van der Waals surface area contributed by atoms with E-state index in [2.05, 4.69) is 231 Å². The number of anilines is 3. The highest BCUT2D eigenvalue weighted by atomic mass is 15.1. The van der Waals surface area contributed by atoms with Crippen LogP contribution in [-0.2, 0) is 16.2 Å². The lowest BCUT2D eigenvalue weighted by atomic mass is 9.55. The zero-order valence-electron chi connectivity index (χ0n) is 38.8. The molecular formula is C67H53N. The van der Waals surface area contributed by atoms with Crippen LogP contribution in [0.2, 0.25) is 0 Å². The van der Waals surface area contributed by atoms with Crippen LogP contribution in [0.1, 0.15) is 84.0 Å². The molecule has 5 atom stereocenters. The molecule has 5 unspecified atom stereocenters. The van der Waals surface area contributed by atoms with E-state index in [9.17, 15) is 0 Å². The van der Waals surface area contributed by atoms with E-state index < -0.39 is 5.41 Å². The molecule has 7 aliphatic carbocycles. The Morgan fingerprint density at radius 3 is 1.46 bits per heavy atom. The lowest BCUT2D eigenvalue weighted by Crippen LogP contribution is -2.40. The average molecular weight is 872 g/mol. The highest BCUT2D eigenvalue weighted by molar-refractivity contribution is 5.93. The third-order valence-corrected chi connectivity index (χ3v) is 18.3. The van der Waals surface area contributed by atoms with Crippen molar-refractivity contribution < 1.29 is 0 Å². The molecule has 4 fully saturated rings. The van der Waals surface area contributed by atoms with E-state index in [1.807, 2.05) is 0 Å². The van der Waals surface area contributed by atoms with Crippen molar-refractivity contribution in [2.24, 2.45) is 23.7 Å². The molecule has 326 valence electrons. The monoisotopic (exact) mass is 871 g/mol. The molecule has 9 aromatic carbocycles. The van der Waals surface area contributed by atoms with Crippen LogP contribution < -0.4 is 4.90 Å². The first kappa shape index (κ1) is 38.8. The minimum atomic E-state index is -0.479. The van der Waals surface area contributed by atoms with E-state index >= 15 is 0 Å². The zero-order chi connectivity index (χ0) is 44.9. The predicted molar refractivity (Wildman–Crippen MR) is 280 cm³/mol. The minimum absolute atomic E-state index is 0.0856. The molecule has 2 spiro atoms. The van der Waals surface area contributed by atoms with Gasteiger partial charge in [0, 0.05) is 27.9 Å². The summed E-state index contributed by atoms with van der Waals surface area (Å²) in [6.07, 6.45) is 5.55. The maximum absolute atomic E-state index is 2.66. The van der Waals surface area contributed by atoms with E-state index in [1.165, 1.54) is 121 Å². The molecule has 1 nitrogen and oxygen atoms in total. The van der Waals surface area contributed by atoms with Crippen LogP contribution in [0.25, 0.3) is 44.5 Å². The van der Waals surface area contributed by atoms with Crippen molar-refractivity contribution in [3.05, 3.63) is 257 Å². The number of nitrogens with zero attached hydrogens (tertiary/aromatic N) is 1. The van der Waals surface area contributed by atoms with Gasteiger partial charge in [0.1, 0.15) is 0 Å². The van der Waals surface area contributed by atoms with Crippen molar-refractivity contribution in [1.29, 1.82) is 0 Å². The van der Waals surface area contributed by atoms with Gasteiger partial charge in [0.2, 0.25) is 0 Å². The molecular weight excluding hydrogens is 819 g/mol. The smallest absolute Gasteiger partial charge is 0.0720 e. The van der Waals surface area contributed by atoms with Crippen molar-refractivity contribution in [3.8, 4) is 44.5 Å². The molecule has 7 aliphatic rings. The normalized spacial score (nSPS) is 22.9. The molecule has 1 heteroatoms. The Labute approximate surface area is 400 Å². The Morgan fingerprint density at radius 1 is 0.353 bits per heavy atom. The van der Waals surface area contributed by atoms with Gasteiger partial charge in [0.25, 0.3) is 0 Å². The standard InChI is InChI=1S/C67H53N/c1-65(2)58-24-12-14-26-60(58)67(61-27-15-13-25-59(61)65)57-23-11-9-21-53(57)55-35-33-49(41-64(55)67)68(47-30-28-44(29-31-47)51-19-7-6-18-50(51)43-16-4-3-5-17-43)48-32-34-54-52-20-8-10-22-56(52)66(63(54)40-48)46-37-42-36-45(39-46)62(66)38-42/h3-35,40-42,45-46,62H,36-39H2,1-2H3. The molecule has 68 heavy (non-hydrogen) atoms. The molecule has 9 aromatic rings. The van der Waals surface area contributed by atoms with E-state index in [1.54, 1.807) is 11.1 Å². The van der Waals surface area contributed by atoms with Gasteiger partial charge >= 0.3 is 0 Å². The van der Waals surface area contributed by atoms with Gasteiger partial charge in [-0.1, -0.05) is 190 Å². The fourth-order valence-electron chi connectivity index (χ4n) is 15.9. The third-order valence-electron chi connectivity index (χ3n) is 18.3. The van der Waals surface area contributed by atoms with E-state index in [0.717, 1.165) is 17.8 Å². The van der Waals surface area contributed by atoms with Gasteiger partial charge in [-0.15, -0.1) is 0 Å². The van der Waals surface area contributed by atoms with Crippen molar-refractivity contribution in [3.63, 3.8) is 0 Å². The summed E-state index contributed by atoms with van der Waals surface area (Å²) < 4.78 is 0. The van der Waals surface area contributed by atoms with Gasteiger partial charge < -0.3 is 4.90 Å². The molecule has 0 radical (unpaired) electrons. The van der Waals surface area contributed by atoms with Gasteiger partial charge in [0.05, 0.1) is 5.41 Å². The van der Waals surface area contributed by atoms with E-state index in [0.29, 0.717) is 5.92 Å². The van der Waals surface area contributed by atoms with Crippen molar-refractivity contribution >= 4 is 17.1 Å². The fraction of sp³-hybridized carbons (Fsp3) is 0.194. The molecule has 0 amide bonds. The average Bonchev–Trinajstić information content (AvgIpc) is 4.04. The first-order valence-corrected chi connectivity index (χ1v) is 25.2. The summed E-state index contributed by atoms with van der Waals surface area (Å²) in [6, 6.07) is 81.6. The molecule has 4 bridgehead atoms. The van der Waals surface area contributed by atoms with Crippen molar-refractivity contribution in [1.82, 2.24) is 0 Å². The largest absolute Gasteiger partial charge is 0.310 e. The van der Waals surface area contributed by atoms with Crippen molar-refractivity contribution in [2.45, 2.75) is 55.8 Å². The highest BCUT2D eigenvalue weighted by Gasteiger charge is 2.66. The Morgan fingerprint density at radius 2 is 0.824 bits per heavy atom. The number of hydrogen-bond donors (Lipinski definition) is 0. The van der Waals surface area contributed by atoms with Crippen LogP contribution in [0.3, 0.4) is 0 Å². The lowest BCUT2D eigenvalue weighted by molar-refractivity contribution is 0.191. The van der Waals surface area contributed by atoms with Gasteiger partial charge in [-0.3, -0.25) is 0 Å². The van der Waals surface area contributed by atoms with Crippen LogP contribution in [0.4, 0.5) is 17.1 Å². The molecule has 0 heterocycles. The number of rotatable bonds is 5. The summed E-state index contributed by atoms with van der Waals surface area (Å²) in [7, 11) is 0. The minimum Gasteiger partial charge on any atom is -0.310 e. The first-order valence-electron chi connectivity index (χ1n) is 25.2. The van der Waals surface area contributed by atoms with E-state index in [-0.39, 0.29) is 10.8 Å². The van der Waals surface area contributed by atoms with E-state index in [4.69, 9.17) is 0 Å². The third kappa shape index (κ3) is 4.92. The molecule has 0 saturated heterocycles. The SMILES string of the molecule is CC1(C)c2ccccc2C2(c3ccccc3-c3ccc(N(c4ccc(-c5ccccc5-c5ccccc5)cc4)c4ccc5c(c4)C4(c6ccccc6-5)C5CC6CC(C5)C4C6)cc32)c2ccccc21. The van der Waals surface area contributed by atoms with Crippen LogP contribution >= 0.6 is 0 Å². The highest BCUT2D eigenvalue weighted by Crippen LogP contribution is 2.73. The fourth-order valence-corrected chi connectivity index (χ4v) is 15.9. The number of benzene rings is 9. The van der Waals surface area contributed by atoms with Crippen LogP contribution in [-0.4, -0.2) is 0 Å². The summed E-state index contributed by atoms with van der Waals surface area (Å²) in [5, 5.41) is 0. The second kappa shape index (κ2) is 13.9. The summed E-state index contributed by atoms with van der Waals surface area (Å²) in [5.74, 6) is 3.16. The Bertz CT molecular complexity index is 3490. The number of fused-ring (bicyclic) bond motifs is 12. The van der Waals surface area contributed by atoms with Gasteiger partial charge in [-0.2, -0.15) is 0 Å². The summed E-state index contributed by atoms with van der Waals surface area (Å²) in [6.45, 7) is 4.83. The van der Waals surface area contributed by atoms with Crippen LogP contribution in [0.5, 0.6) is 0 Å². The maximum Gasteiger partial charge on any atom is 0.0720 e. The molecule has 16 rings (SSSR count). The van der Waals surface area contributed by atoms with Crippen molar-refractivity contribution in [2.75, 3.05) is 4.90 Å². The Kier molecular flexibility index (Phi) is 7.96. The topological polar surface area (TPSA) is 3.24 Å². The second-order valence-electron chi connectivity index (χ2n) is 21.6. The molecule has 4 saturated carbocycles. The Balaban J connectivity index is 0.966. The molecule has 0 aromatic heterocycles. The summed E-state index contributed by atoms with van der Waals surface area (Å²) in [5.41, 5.74) is 25.1. The van der Waals surface area contributed by atoms with Gasteiger partial charge in [0.15, 0.2) is 0 Å². The molecule has 0 aliphatic heterocycles. The number of hydrogen-bond acceptors (Lipinski definition) is 1. The quantitative estimate of drug-likeness (QED) is 0.167. The lowest BCUT2D eigenvalue weighted by Gasteiger charge is -2.46. The zero-order valence-corrected chi connectivity index (χ0v) is 38.8. The second-order valence-corrected chi connectivity index (χ2v) is 21.6.